The van der Waals surface area contributed by atoms with Crippen LogP contribution in [0.1, 0.15) is 85.3 Å². The van der Waals surface area contributed by atoms with Crippen LogP contribution < -0.4 is 18.9 Å². The van der Waals surface area contributed by atoms with Crippen molar-refractivity contribution in [2.75, 3.05) is 0 Å². The van der Waals surface area contributed by atoms with Gasteiger partial charge in [0, 0.05) is 28.9 Å². The lowest BCUT2D eigenvalue weighted by atomic mass is 9.51. The Labute approximate surface area is 219 Å². The minimum atomic E-state index is -0.567. The first kappa shape index (κ1) is 25.6. The van der Waals surface area contributed by atoms with Crippen LogP contribution in [0.5, 0.6) is 23.0 Å². The van der Waals surface area contributed by atoms with Crippen molar-refractivity contribution in [3.63, 3.8) is 0 Å². The highest BCUT2D eigenvalue weighted by molar-refractivity contribution is 5.92. The van der Waals surface area contributed by atoms with E-state index in [4.69, 9.17) is 18.9 Å². The Morgan fingerprint density at radius 2 is 1.22 bits per heavy atom. The summed E-state index contributed by atoms with van der Waals surface area (Å²) in [7, 11) is 0. The van der Waals surface area contributed by atoms with Crippen molar-refractivity contribution in [2.24, 2.45) is 23.2 Å². The Morgan fingerprint density at radius 1 is 0.676 bits per heavy atom. The summed E-state index contributed by atoms with van der Waals surface area (Å²) < 4.78 is 24.1. The first-order valence-electron chi connectivity index (χ1n) is 13.2. The van der Waals surface area contributed by atoms with Crippen molar-refractivity contribution in [3.05, 3.63) is 47.5 Å². The molecule has 1 saturated carbocycles. The molecule has 2 aromatic rings. The second-order valence-electron chi connectivity index (χ2n) is 13.1. The van der Waals surface area contributed by atoms with E-state index in [-0.39, 0.29) is 34.8 Å². The summed E-state index contributed by atoms with van der Waals surface area (Å²) in [6.07, 6.45) is 0. The molecule has 2 aliphatic heterocycles. The lowest BCUT2D eigenvalue weighted by molar-refractivity contribution is -0.165. The molecule has 1 aliphatic carbocycles. The fraction of sp³-hybridized carbons (Fsp3) is 0.548. The predicted octanol–water partition coefficient (Wildman–Crippen LogP) is 6.65. The summed E-state index contributed by atoms with van der Waals surface area (Å²) in [4.78, 5) is 26.1. The molecule has 3 aliphatic rings. The Bertz CT molecular complexity index is 1260. The van der Waals surface area contributed by atoms with Crippen LogP contribution in [0.2, 0.25) is 0 Å². The van der Waals surface area contributed by atoms with Gasteiger partial charge >= 0.3 is 11.9 Å². The fourth-order valence-corrected chi connectivity index (χ4v) is 5.22. The maximum atomic E-state index is 13.1. The number of carbonyl (C=O) groups excluding carboxylic acids is 2. The zero-order chi connectivity index (χ0) is 27.1. The largest absolute Gasteiger partial charge is 0.488 e. The fourth-order valence-electron chi connectivity index (χ4n) is 5.22. The number of hydrogen-bond donors (Lipinski definition) is 0. The van der Waals surface area contributed by atoms with Crippen LogP contribution >= 0.6 is 0 Å². The topological polar surface area (TPSA) is 71.1 Å². The van der Waals surface area contributed by atoms with Crippen LogP contribution in [0, 0.1) is 23.2 Å². The number of esters is 2. The average Bonchev–Trinajstić information content (AvgIpc) is 2.74. The number of hydrogen-bond acceptors (Lipinski definition) is 6. The van der Waals surface area contributed by atoms with Gasteiger partial charge < -0.3 is 18.9 Å². The zero-order valence-electron chi connectivity index (χ0n) is 23.3. The van der Waals surface area contributed by atoms with Crippen LogP contribution in [0.25, 0.3) is 0 Å². The smallest absolute Gasteiger partial charge is 0.315 e. The lowest BCUT2D eigenvalue weighted by Crippen LogP contribution is -2.57. The van der Waals surface area contributed by atoms with Gasteiger partial charge in [0.25, 0.3) is 0 Å². The van der Waals surface area contributed by atoms with Crippen molar-refractivity contribution in [2.45, 2.75) is 85.4 Å². The quantitative estimate of drug-likeness (QED) is 0.334. The van der Waals surface area contributed by atoms with E-state index >= 15 is 0 Å². The van der Waals surface area contributed by atoms with Crippen molar-refractivity contribution in [1.82, 2.24) is 0 Å². The molecule has 0 aromatic heterocycles. The normalized spacial score (nSPS) is 24.6. The number of fused-ring (bicyclic) bond motifs is 8. The molecule has 0 saturated heterocycles. The second-order valence-corrected chi connectivity index (χ2v) is 13.1. The van der Waals surface area contributed by atoms with Gasteiger partial charge in [0.1, 0.15) is 34.2 Å². The van der Waals surface area contributed by atoms with E-state index in [1.165, 1.54) is 0 Å². The molecule has 2 heterocycles. The highest BCUT2D eigenvalue weighted by atomic mass is 16.6. The average molecular weight is 507 g/mol. The van der Waals surface area contributed by atoms with Crippen molar-refractivity contribution >= 4 is 11.9 Å². The Morgan fingerprint density at radius 3 is 1.81 bits per heavy atom. The summed E-state index contributed by atoms with van der Waals surface area (Å²) in [6.45, 7) is 18.9. The number of ether oxygens (including phenoxy) is 4. The van der Waals surface area contributed by atoms with Crippen LogP contribution in [-0.2, 0) is 9.59 Å². The second kappa shape index (κ2) is 8.24. The molecular weight excluding hydrogens is 468 g/mol. The summed E-state index contributed by atoms with van der Waals surface area (Å²) in [6, 6.07) is 11.3. The SMILES string of the molecule is CC(C)C(C)(C)Oc1ccc2c(c1)C1C(C(=O)O2)C2C(=O)Oc3cc(OC(C)(C)C(C)(C)C)ccc3C21. The molecule has 2 aromatic carbocycles. The van der Waals surface area contributed by atoms with Gasteiger partial charge in [-0.25, -0.2) is 0 Å². The first-order valence-corrected chi connectivity index (χ1v) is 13.2. The molecule has 4 atom stereocenters. The standard InChI is InChI=1S/C31H38O6/c1-16(2)30(6,7)36-17-11-13-21-20(14-17)24-23-19-12-10-18(37-31(8,9)29(3,4)5)15-22(19)35-28(33)25(23)26(24)27(32)34-21/h10-16,23-26H,1-9H3. The van der Waals surface area contributed by atoms with Gasteiger partial charge in [-0.1, -0.05) is 40.7 Å². The number of carbonyl (C=O) groups is 2. The van der Waals surface area contributed by atoms with Crippen molar-refractivity contribution in [3.8, 4) is 23.0 Å². The summed E-state index contributed by atoms with van der Waals surface area (Å²) in [5.41, 5.74) is 0.927. The molecule has 0 radical (unpaired) electrons. The van der Waals surface area contributed by atoms with Crippen molar-refractivity contribution in [1.29, 1.82) is 0 Å². The van der Waals surface area contributed by atoms with E-state index in [0.29, 0.717) is 23.2 Å². The molecule has 5 rings (SSSR count). The minimum absolute atomic E-state index is 0.0953. The Hall–Kier alpha value is -3.02. The molecule has 4 unspecified atom stereocenters. The highest BCUT2D eigenvalue weighted by Crippen LogP contribution is 2.65. The van der Waals surface area contributed by atoms with Crippen LogP contribution in [0.3, 0.4) is 0 Å². The predicted molar refractivity (Wildman–Crippen MR) is 140 cm³/mol. The monoisotopic (exact) mass is 506 g/mol. The van der Waals surface area contributed by atoms with Gasteiger partial charge in [0.2, 0.25) is 0 Å². The van der Waals surface area contributed by atoms with Gasteiger partial charge in [-0.15, -0.1) is 0 Å². The van der Waals surface area contributed by atoms with Gasteiger partial charge in [-0.05, 0) is 63.4 Å². The van der Waals surface area contributed by atoms with Gasteiger partial charge in [-0.2, -0.15) is 0 Å². The van der Waals surface area contributed by atoms with Gasteiger partial charge in [0.05, 0.1) is 11.8 Å². The van der Waals surface area contributed by atoms with E-state index in [0.717, 1.165) is 16.9 Å². The third-order valence-electron chi connectivity index (χ3n) is 9.15. The molecular formula is C31H38O6. The van der Waals surface area contributed by atoms with Crippen LogP contribution in [0.4, 0.5) is 0 Å². The van der Waals surface area contributed by atoms with E-state index in [1.807, 2.05) is 24.3 Å². The van der Waals surface area contributed by atoms with E-state index in [1.54, 1.807) is 12.1 Å². The van der Waals surface area contributed by atoms with E-state index in [2.05, 4.69) is 62.3 Å². The maximum absolute atomic E-state index is 13.1. The Kier molecular flexibility index (Phi) is 5.71. The zero-order valence-corrected chi connectivity index (χ0v) is 23.3. The summed E-state index contributed by atoms with van der Waals surface area (Å²) in [5.74, 6) is 0.466. The summed E-state index contributed by atoms with van der Waals surface area (Å²) >= 11 is 0. The molecule has 6 nitrogen and oxygen atoms in total. The lowest BCUT2D eigenvalue weighted by Gasteiger charge is -2.53. The van der Waals surface area contributed by atoms with Gasteiger partial charge in [0.15, 0.2) is 0 Å². The molecule has 198 valence electrons. The first-order chi connectivity index (χ1) is 17.1. The van der Waals surface area contributed by atoms with Crippen LogP contribution in [0.15, 0.2) is 36.4 Å². The van der Waals surface area contributed by atoms with Gasteiger partial charge in [-0.3, -0.25) is 9.59 Å². The maximum Gasteiger partial charge on any atom is 0.315 e. The molecule has 0 bridgehead atoms. The number of rotatable bonds is 5. The minimum Gasteiger partial charge on any atom is -0.488 e. The molecule has 0 spiro atoms. The van der Waals surface area contributed by atoms with Crippen molar-refractivity contribution < 1.29 is 28.5 Å². The van der Waals surface area contributed by atoms with E-state index in [9.17, 15) is 9.59 Å². The third kappa shape index (κ3) is 4.09. The number of benzene rings is 2. The molecule has 6 heteroatoms. The molecule has 0 amide bonds. The molecule has 1 fully saturated rings. The summed E-state index contributed by atoms with van der Waals surface area (Å²) in [5, 5.41) is 0. The Balaban J connectivity index is 1.51. The highest BCUT2D eigenvalue weighted by Gasteiger charge is 2.64. The third-order valence-corrected chi connectivity index (χ3v) is 9.15. The van der Waals surface area contributed by atoms with Crippen LogP contribution in [-0.4, -0.2) is 23.1 Å². The van der Waals surface area contributed by atoms with E-state index < -0.39 is 17.4 Å². The molecule has 37 heavy (non-hydrogen) atoms. The molecule has 0 N–H and O–H groups in total.